The number of benzene rings is 1. The van der Waals surface area contributed by atoms with Crippen molar-refractivity contribution in [2.75, 3.05) is 11.9 Å². The van der Waals surface area contributed by atoms with Gasteiger partial charge < -0.3 is 10.6 Å². The van der Waals surface area contributed by atoms with Gasteiger partial charge in [-0.15, -0.1) is 11.3 Å². The molecule has 0 aliphatic heterocycles. The highest BCUT2D eigenvalue weighted by atomic mass is 35.5. The van der Waals surface area contributed by atoms with Crippen molar-refractivity contribution in [1.82, 2.24) is 15.3 Å². The van der Waals surface area contributed by atoms with Crippen LogP contribution in [0.4, 0.5) is 5.13 Å². The zero-order valence-corrected chi connectivity index (χ0v) is 15.5. The summed E-state index contributed by atoms with van der Waals surface area (Å²) in [5.74, 6) is -0.861. The van der Waals surface area contributed by atoms with E-state index in [2.05, 4.69) is 20.6 Å². The molecule has 0 spiro atoms. The molecule has 6 nitrogen and oxygen atoms in total. The Labute approximate surface area is 163 Å². The van der Waals surface area contributed by atoms with E-state index in [1.54, 1.807) is 17.6 Å². The van der Waals surface area contributed by atoms with Crippen LogP contribution in [-0.2, 0) is 4.79 Å². The van der Waals surface area contributed by atoms with Gasteiger partial charge in [-0.1, -0.05) is 29.3 Å². The number of thiazole rings is 1. The summed E-state index contributed by atoms with van der Waals surface area (Å²) < 4.78 is 0. The molecule has 0 saturated heterocycles. The Hall–Kier alpha value is -2.48. The van der Waals surface area contributed by atoms with E-state index in [0.29, 0.717) is 15.8 Å². The van der Waals surface area contributed by atoms with Gasteiger partial charge in [0.15, 0.2) is 5.13 Å². The summed E-state index contributed by atoms with van der Waals surface area (Å²) in [5.41, 5.74) is 1.63. The molecule has 3 rings (SSSR count). The quantitative estimate of drug-likeness (QED) is 0.673. The molecule has 3 aromatic rings. The summed E-state index contributed by atoms with van der Waals surface area (Å²) in [6.07, 6.45) is 1.67. The Kier molecular flexibility index (Phi) is 5.82. The molecule has 0 saturated carbocycles. The minimum atomic E-state index is -0.463. The molecular weight excluding hydrogens is 395 g/mol. The van der Waals surface area contributed by atoms with Gasteiger partial charge >= 0.3 is 0 Å². The summed E-state index contributed by atoms with van der Waals surface area (Å²) in [5, 5.41) is 8.00. The molecular formula is C17H12Cl2N4O2S. The third-order valence-electron chi connectivity index (χ3n) is 3.26. The Morgan fingerprint density at radius 2 is 1.96 bits per heavy atom. The van der Waals surface area contributed by atoms with E-state index in [1.807, 2.05) is 18.2 Å². The summed E-state index contributed by atoms with van der Waals surface area (Å²) >= 11 is 13.0. The van der Waals surface area contributed by atoms with E-state index in [4.69, 9.17) is 23.2 Å². The van der Waals surface area contributed by atoms with Crippen molar-refractivity contribution in [3.05, 3.63) is 63.6 Å². The first kappa shape index (κ1) is 18.3. The minimum Gasteiger partial charge on any atom is -0.343 e. The second kappa shape index (κ2) is 8.27. The lowest BCUT2D eigenvalue weighted by atomic mass is 10.2. The first-order chi connectivity index (χ1) is 12.5. The van der Waals surface area contributed by atoms with Gasteiger partial charge in [-0.3, -0.25) is 14.6 Å². The highest BCUT2D eigenvalue weighted by molar-refractivity contribution is 7.14. The zero-order valence-electron chi connectivity index (χ0n) is 13.2. The number of rotatable bonds is 5. The molecule has 2 heterocycles. The number of amides is 2. The number of carbonyl (C=O) groups is 2. The number of nitrogens with one attached hydrogen (secondary N) is 2. The molecule has 0 aliphatic rings. The number of nitrogens with zero attached hydrogens (tertiary/aromatic N) is 2. The molecule has 26 heavy (non-hydrogen) atoms. The van der Waals surface area contributed by atoms with Crippen LogP contribution in [0.25, 0.3) is 11.4 Å². The van der Waals surface area contributed by atoms with Crippen LogP contribution in [-0.4, -0.2) is 28.3 Å². The number of anilines is 1. The van der Waals surface area contributed by atoms with E-state index < -0.39 is 11.8 Å². The van der Waals surface area contributed by atoms with Gasteiger partial charge in [0.2, 0.25) is 5.91 Å². The van der Waals surface area contributed by atoms with E-state index >= 15 is 0 Å². The normalized spacial score (nSPS) is 10.4. The highest BCUT2D eigenvalue weighted by Gasteiger charge is 2.13. The number of carbonyl (C=O) groups excluding carboxylic acids is 2. The molecule has 2 amide bonds. The van der Waals surface area contributed by atoms with Gasteiger partial charge in [-0.05, 0) is 30.3 Å². The third-order valence-corrected chi connectivity index (χ3v) is 4.57. The summed E-state index contributed by atoms with van der Waals surface area (Å²) in [7, 11) is 0. The topological polar surface area (TPSA) is 84.0 Å². The summed E-state index contributed by atoms with van der Waals surface area (Å²) in [6, 6.07) is 10.0. The van der Waals surface area contributed by atoms with E-state index in [9.17, 15) is 9.59 Å². The molecule has 9 heteroatoms. The molecule has 0 bridgehead atoms. The highest BCUT2D eigenvalue weighted by Crippen LogP contribution is 2.23. The predicted molar refractivity (Wildman–Crippen MR) is 103 cm³/mol. The van der Waals surface area contributed by atoms with Crippen molar-refractivity contribution < 1.29 is 9.59 Å². The average Bonchev–Trinajstić information content (AvgIpc) is 3.09. The van der Waals surface area contributed by atoms with Crippen molar-refractivity contribution in [1.29, 1.82) is 0 Å². The lowest BCUT2D eigenvalue weighted by molar-refractivity contribution is -0.115. The SMILES string of the molecule is O=C(CNC(=O)c1ccc(Cl)cc1Cl)Nc1nc(-c2ccccn2)cs1. The molecule has 0 aliphatic carbocycles. The van der Waals surface area contributed by atoms with Crippen molar-refractivity contribution in [2.24, 2.45) is 0 Å². The molecule has 0 atom stereocenters. The maximum Gasteiger partial charge on any atom is 0.253 e. The van der Waals surface area contributed by atoms with Crippen LogP contribution in [0.5, 0.6) is 0 Å². The maximum absolute atomic E-state index is 12.1. The molecule has 0 radical (unpaired) electrons. The fraction of sp³-hybridized carbons (Fsp3) is 0.0588. The number of aromatic nitrogens is 2. The van der Waals surface area contributed by atoms with Crippen molar-refractivity contribution in [3.63, 3.8) is 0 Å². The third kappa shape index (κ3) is 4.57. The fourth-order valence-corrected chi connectivity index (χ4v) is 3.27. The fourth-order valence-electron chi connectivity index (χ4n) is 2.06. The van der Waals surface area contributed by atoms with E-state index in [-0.39, 0.29) is 17.1 Å². The van der Waals surface area contributed by atoms with Crippen molar-refractivity contribution in [2.45, 2.75) is 0 Å². The number of hydrogen-bond donors (Lipinski definition) is 2. The first-order valence-corrected chi connectivity index (χ1v) is 9.06. The lowest BCUT2D eigenvalue weighted by Gasteiger charge is -2.07. The standard InChI is InChI=1S/C17H12Cl2N4O2S/c18-10-4-5-11(12(19)7-10)16(25)21-8-15(24)23-17-22-14(9-26-17)13-3-1-2-6-20-13/h1-7,9H,8H2,(H,21,25)(H,22,23,24). The Morgan fingerprint density at radius 3 is 2.69 bits per heavy atom. The van der Waals surface area contributed by atoms with Gasteiger partial charge in [0, 0.05) is 16.6 Å². The average molecular weight is 407 g/mol. The maximum atomic E-state index is 12.1. The Morgan fingerprint density at radius 1 is 1.12 bits per heavy atom. The molecule has 0 fully saturated rings. The second-order valence-electron chi connectivity index (χ2n) is 5.11. The number of hydrogen-bond acceptors (Lipinski definition) is 5. The van der Waals surface area contributed by atoms with Crippen LogP contribution in [0, 0.1) is 0 Å². The predicted octanol–water partition coefficient (Wildman–Crippen LogP) is 3.88. The molecule has 1 aromatic carbocycles. The van der Waals surface area contributed by atoms with Gasteiger partial charge in [0.05, 0.1) is 22.8 Å². The lowest BCUT2D eigenvalue weighted by Crippen LogP contribution is -2.33. The number of pyridine rings is 1. The van der Waals surface area contributed by atoms with E-state index in [1.165, 1.54) is 23.5 Å². The first-order valence-electron chi connectivity index (χ1n) is 7.43. The van der Waals surface area contributed by atoms with E-state index in [0.717, 1.165) is 5.69 Å². The summed E-state index contributed by atoms with van der Waals surface area (Å²) in [6.45, 7) is -0.212. The Bertz CT molecular complexity index is 947. The molecule has 2 aromatic heterocycles. The van der Waals surface area contributed by atoms with Crippen LogP contribution in [0.15, 0.2) is 48.0 Å². The Balaban J connectivity index is 1.56. The van der Waals surface area contributed by atoms with Crippen LogP contribution in [0.1, 0.15) is 10.4 Å². The van der Waals surface area contributed by atoms with Gasteiger partial charge in [0.25, 0.3) is 5.91 Å². The minimum absolute atomic E-state index is 0.212. The van der Waals surface area contributed by atoms with Crippen LogP contribution < -0.4 is 10.6 Å². The molecule has 132 valence electrons. The largest absolute Gasteiger partial charge is 0.343 e. The van der Waals surface area contributed by atoms with Crippen molar-refractivity contribution >= 4 is 51.5 Å². The molecule has 0 unspecified atom stereocenters. The van der Waals surface area contributed by atoms with Gasteiger partial charge in [0.1, 0.15) is 5.69 Å². The number of halogens is 2. The summed E-state index contributed by atoms with van der Waals surface area (Å²) in [4.78, 5) is 32.6. The molecule has 2 N–H and O–H groups in total. The smallest absolute Gasteiger partial charge is 0.253 e. The van der Waals surface area contributed by atoms with Gasteiger partial charge in [-0.25, -0.2) is 4.98 Å². The van der Waals surface area contributed by atoms with Crippen LogP contribution in [0.2, 0.25) is 10.0 Å². The van der Waals surface area contributed by atoms with Gasteiger partial charge in [-0.2, -0.15) is 0 Å². The van der Waals surface area contributed by atoms with Crippen LogP contribution >= 0.6 is 34.5 Å². The monoisotopic (exact) mass is 406 g/mol. The second-order valence-corrected chi connectivity index (χ2v) is 6.81. The van der Waals surface area contributed by atoms with Crippen molar-refractivity contribution in [3.8, 4) is 11.4 Å². The zero-order chi connectivity index (χ0) is 18.5. The van der Waals surface area contributed by atoms with Crippen LogP contribution in [0.3, 0.4) is 0 Å².